The van der Waals surface area contributed by atoms with Gasteiger partial charge in [0.1, 0.15) is 0 Å². The summed E-state index contributed by atoms with van der Waals surface area (Å²) in [6.07, 6.45) is 2.09. The van der Waals surface area contributed by atoms with Crippen LogP contribution in [0, 0.1) is 11.7 Å². The van der Waals surface area contributed by atoms with Crippen LogP contribution in [0.3, 0.4) is 0 Å². The fourth-order valence-electron chi connectivity index (χ4n) is 3.42. The molecule has 2 aliphatic rings. The molecule has 144 valence electrons. The Morgan fingerprint density at radius 3 is 3.00 bits per heavy atom. The highest BCUT2D eigenvalue weighted by molar-refractivity contribution is 5.48. The van der Waals surface area contributed by atoms with Gasteiger partial charge in [-0.3, -0.25) is 0 Å². The molecular formula is C19H23FN4O3. The highest BCUT2D eigenvalue weighted by Gasteiger charge is 2.23. The summed E-state index contributed by atoms with van der Waals surface area (Å²) in [4.78, 5) is 10.3. The first kappa shape index (κ1) is 17.8. The van der Waals surface area contributed by atoms with E-state index in [1.807, 2.05) is 17.0 Å². The van der Waals surface area contributed by atoms with E-state index < -0.39 is 5.82 Å². The fourth-order valence-corrected chi connectivity index (χ4v) is 3.42. The van der Waals surface area contributed by atoms with Gasteiger partial charge in [-0.05, 0) is 18.1 Å². The van der Waals surface area contributed by atoms with Crippen molar-refractivity contribution in [2.24, 2.45) is 5.92 Å². The molecule has 0 spiro atoms. The molecule has 0 amide bonds. The summed E-state index contributed by atoms with van der Waals surface area (Å²) in [5, 5.41) is 3.22. The van der Waals surface area contributed by atoms with Crippen LogP contribution >= 0.6 is 0 Å². The van der Waals surface area contributed by atoms with E-state index in [0.29, 0.717) is 51.2 Å². The number of para-hydroxylation sites is 1. The minimum Gasteiger partial charge on any atom is -0.493 e. The maximum atomic E-state index is 14.1. The Balaban J connectivity index is 1.40. The summed E-state index contributed by atoms with van der Waals surface area (Å²) in [5.74, 6) is 2.19. The second kappa shape index (κ2) is 7.96. The first-order valence-electron chi connectivity index (χ1n) is 9.12. The van der Waals surface area contributed by atoms with Gasteiger partial charge in [0.25, 0.3) is 0 Å². The number of morpholine rings is 1. The van der Waals surface area contributed by atoms with Gasteiger partial charge in [-0.25, -0.2) is 9.37 Å². The Hall–Kier alpha value is -2.61. The number of halogens is 1. The van der Waals surface area contributed by atoms with Gasteiger partial charge in [0.2, 0.25) is 5.95 Å². The molecule has 1 N–H and O–H groups in total. The van der Waals surface area contributed by atoms with Crippen molar-refractivity contribution in [2.75, 3.05) is 56.8 Å². The van der Waals surface area contributed by atoms with E-state index in [-0.39, 0.29) is 5.92 Å². The van der Waals surface area contributed by atoms with Crippen molar-refractivity contribution in [3.63, 3.8) is 0 Å². The number of rotatable bonds is 5. The van der Waals surface area contributed by atoms with Gasteiger partial charge in [-0.15, -0.1) is 0 Å². The molecular weight excluding hydrogens is 351 g/mol. The first-order valence-corrected chi connectivity index (χ1v) is 9.12. The third-order valence-corrected chi connectivity index (χ3v) is 4.84. The Labute approximate surface area is 157 Å². The molecule has 0 unspecified atom stereocenters. The summed E-state index contributed by atoms with van der Waals surface area (Å²) in [6, 6.07) is 5.92. The van der Waals surface area contributed by atoms with Gasteiger partial charge in [0.05, 0.1) is 33.1 Å². The van der Waals surface area contributed by atoms with Crippen LogP contribution < -0.4 is 19.7 Å². The Kier molecular flexibility index (Phi) is 5.24. The lowest BCUT2D eigenvalue weighted by atomic mass is 9.96. The predicted octanol–water partition coefficient (Wildman–Crippen LogP) is 2.12. The molecule has 8 heteroatoms. The fraction of sp³-hybridized carbons (Fsp3) is 0.474. The molecule has 0 bridgehead atoms. The van der Waals surface area contributed by atoms with E-state index in [0.717, 1.165) is 23.5 Å². The molecule has 0 aliphatic carbocycles. The SMILES string of the molecule is COc1cccc2c1OC[C@@H](CNc1ncc(F)c(N3CCOCC3)n1)C2. The van der Waals surface area contributed by atoms with Crippen LogP contribution in [-0.4, -0.2) is 56.5 Å². The van der Waals surface area contributed by atoms with Crippen molar-refractivity contribution in [3.05, 3.63) is 35.8 Å². The van der Waals surface area contributed by atoms with Crippen molar-refractivity contribution in [2.45, 2.75) is 6.42 Å². The molecule has 7 nitrogen and oxygen atoms in total. The number of aromatic nitrogens is 2. The number of anilines is 2. The largest absolute Gasteiger partial charge is 0.493 e. The Morgan fingerprint density at radius 2 is 2.19 bits per heavy atom. The van der Waals surface area contributed by atoms with Crippen molar-refractivity contribution in [1.82, 2.24) is 9.97 Å². The van der Waals surface area contributed by atoms with E-state index in [1.165, 1.54) is 6.20 Å². The molecule has 4 rings (SSSR count). The van der Waals surface area contributed by atoms with Crippen molar-refractivity contribution in [3.8, 4) is 11.5 Å². The van der Waals surface area contributed by atoms with Crippen LogP contribution in [0.5, 0.6) is 11.5 Å². The Morgan fingerprint density at radius 1 is 1.33 bits per heavy atom. The summed E-state index contributed by atoms with van der Waals surface area (Å²) in [5.41, 5.74) is 1.13. The van der Waals surface area contributed by atoms with Gasteiger partial charge < -0.3 is 24.4 Å². The first-order chi connectivity index (χ1) is 13.2. The van der Waals surface area contributed by atoms with Crippen LogP contribution in [-0.2, 0) is 11.2 Å². The molecule has 1 aromatic heterocycles. The topological polar surface area (TPSA) is 68.7 Å². The summed E-state index contributed by atoms with van der Waals surface area (Å²) >= 11 is 0. The van der Waals surface area contributed by atoms with Crippen LogP contribution in [0.25, 0.3) is 0 Å². The molecule has 0 radical (unpaired) electrons. The minimum absolute atomic E-state index is 0.269. The number of hydrogen-bond donors (Lipinski definition) is 1. The highest BCUT2D eigenvalue weighted by atomic mass is 19.1. The van der Waals surface area contributed by atoms with Crippen molar-refractivity contribution >= 4 is 11.8 Å². The molecule has 1 saturated heterocycles. The molecule has 2 aliphatic heterocycles. The lowest BCUT2D eigenvalue weighted by molar-refractivity contribution is 0.122. The average molecular weight is 374 g/mol. The van der Waals surface area contributed by atoms with Crippen LogP contribution in [0.4, 0.5) is 16.2 Å². The van der Waals surface area contributed by atoms with Crippen LogP contribution in [0.15, 0.2) is 24.4 Å². The van der Waals surface area contributed by atoms with Crippen molar-refractivity contribution in [1.29, 1.82) is 0 Å². The van der Waals surface area contributed by atoms with E-state index in [4.69, 9.17) is 14.2 Å². The second-order valence-corrected chi connectivity index (χ2v) is 6.68. The van der Waals surface area contributed by atoms with Gasteiger partial charge >= 0.3 is 0 Å². The summed E-state index contributed by atoms with van der Waals surface area (Å²) in [6.45, 7) is 3.64. The highest BCUT2D eigenvalue weighted by Crippen LogP contribution is 2.36. The molecule has 1 fully saturated rings. The van der Waals surface area contributed by atoms with Crippen LogP contribution in [0.1, 0.15) is 5.56 Å². The number of benzene rings is 1. The van der Waals surface area contributed by atoms with Crippen LogP contribution in [0.2, 0.25) is 0 Å². The smallest absolute Gasteiger partial charge is 0.224 e. The van der Waals surface area contributed by atoms with E-state index in [9.17, 15) is 4.39 Å². The number of nitrogens with zero attached hydrogens (tertiary/aromatic N) is 3. The standard InChI is InChI=1S/C19H23FN4O3/c1-25-16-4-2-3-14-9-13(12-27-17(14)16)10-21-19-22-11-15(20)18(23-19)24-5-7-26-8-6-24/h2-4,11,13H,5-10,12H2,1H3,(H,21,22,23)/t13-/m1/s1. The minimum atomic E-state index is -0.413. The molecule has 2 aromatic rings. The maximum absolute atomic E-state index is 14.1. The monoisotopic (exact) mass is 374 g/mol. The van der Waals surface area contributed by atoms with E-state index in [2.05, 4.69) is 21.4 Å². The zero-order valence-electron chi connectivity index (χ0n) is 15.3. The normalized spacial score (nSPS) is 19.2. The maximum Gasteiger partial charge on any atom is 0.224 e. The molecule has 3 heterocycles. The molecule has 27 heavy (non-hydrogen) atoms. The average Bonchev–Trinajstić information content (AvgIpc) is 2.73. The number of fused-ring (bicyclic) bond motifs is 1. The van der Waals surface area contributed by atoms with Gasteiger partial charge in [0.15, 0.2) is 23.1 Å². The zero-order valence-corrected chi connectivity index (χ0v) is 15.3. The zero-order chi connectivity index (χ0) is 18.6. The number of methoxy groups -OCH3 is 1. The third kappa shape index (κ3) is 3.90. The summed E-state index contributed by atoms with van der Waals surface area (Å²) in [7, 11) is 1.64. The van der Waals surface area contributed by atoms with Gasteiger partial charge in [0, 0.05) is 25.6 Å². The lowest BCUT2D eigenvalue weighted by Crippen LogP contribution is -2.37. The lowest BCUT2D eigenvalue weighted by Gasteiger charge is -2.28. The van der Waals surface area contributed by atoms with Crippen molar-refractivity contribution < 1.29 is 18.6 Å². The number of ether oxygens (including phenoxy) is 3. The van der Waals surface area contributed by atoms with Gasteiger partial charge in [-0.2, -0.15) is 4.98 Å². The quantitative estimate of drug-likeness (QED) is 0.860. The number of hydrogen-bond acceptors (Lipinski definition) is 7. The van der Waals surface area contributed by atoms with Gasteiger partial charge in [-0.1, -0.05) is 12.1 Å². The van der Waals surface area contributed by atoms with E-state index in [1.54, 1.807) is 7.11 Å². The second-order valence-electron chi connectivity index (χ2n) is 6.68. The number of nitrogens with one attached hydrogen (secondary N) is 1. The summed E-state index contributed by atoms with van der Waals surface area (Å²) < 4.78 is 30.7. The Bertz CT molecular complexity index is 799. The van der Waals surface area contributed by atoms with E-state index >= 15 is 0 Å². The molecule has 1 aromatic carbocycles. The predicted molar refractivity (Wildman–Crippen MR) is 99.2 cm³/mol. The molecule has 1 atom stereocenters. The molecule has 0 saturated carbocycles. The third-order valence-electron chi connectivity index (χ3n) is 4.84.